The first-order chi connectivity index (χ1) is 9.30. The molecule has 0 saturated carbocycles. The molecule has 1 aliphatic heterocycles. The van der Waals surface area contributed by atoms with Gasteiger partial charge in [-0.1, -0.05) is 30.3 Å². The second kappa shape index (κ2) is 5.47. The van der Waals surface area contributed by atoms with E-state index < -0.39 is 0 Å². The lowest BCUT2D eigenvalue weighted by Gasteiger charge is -2.26. The average molecular weight is 290 g/mol. The van der Waals surface area contributed by atoms with Crippen molar-refractivity contribution in [3.63, 3.8) is 0 Å². The monoisotopic (exact) mass is 290 g/mol. The Bertz CT molecular complexity index is 543. The highest BCUT2D eigenvalue weighted by Crippen LogP contribution is 2.54. The zero-order valence-corrected chi connectivity index (χ0v) is 12.0. The Balaban J connectivity index is 1.88. The highest BCUT2D eigenvalue weighted by Gasteiger charge is 2.39. The largest absolute Gasteiger partial charge is 0.461 e. The molecule has 1 saturated heterocycles. The molecule has 0 aliphatic carbocycles. The molecule has 2 nitrogen and oxygen atoms in total. The molecule has 19 heavy (non-hydrogen) atoms. The van der Waals surface area contributed by atoms with E-state index in [0.717, 1.165) is 11.5 Å². The first kappa shape index (κ1) is 12.9. The zero-order valence-electron chi connectivity index (χ0n) is 10.4. The summed E-state index contributed by atoms with van der Waals surface area (Å²) in [5.41, 5.74) is 1.22. The van der Waals surface area contributed by atoms with E-state index in [9.17, 15) is 4.79 Å². The van der Waals surface area contributed by atoms with E-state index in [2.05, 4.69) is 12.1 Å². The molecule has 1 aromatic carbocycles. The van der Waals surface area contributed by atoms with E-state index in [0.29, 0.717) is 12.2 Å². The fourth-order valence-electron chi connectivity index (χ4n) is 2.25. The number of benzene rings is 1. The minimum absolute atomic E-state index is 0.0794. The van der Waals surface area contributed by atoms with E-state index in [4.69, 9.17) is 4.42 Å². The molecule has 2 aromatic rings. The van der Waals surface area contributed by atoms with Crippen LogP contribution < -0.4 is 0 Å². The summed E-state index contributed by atoms with van der Waals surface area (Å²) in [5, 5.41) is 0. The van der Waals surface area contributed by atoms with Gasteiger partial charge in [0.25, 0.3) is 0 Å². The Morgan fingerprint density at radius 3 is 2.47 bits per heavy atom. The number of hydrogen-bond donors (Lipinski definition) is 0. The fraction of sp³-hybridized carbons (Fsp3) is 0.267. The molecule has 1 fully saturated rings. The van der Waals surface area contributed by atoms with Crippen molar-refractivity contribution in [2.45, 2.75) is 10.5 Å². The molecular formula is C15H14O2S2. The minimum Gasteiger partial charge on any atom is -0.461 e. The van der Waals surface area contributed by atoms with Gasteiger partial charge in [-0.3, -0.25) is 4.79 Å². The summed E-state index contributed by atoms with van der Waals surface area (Å²) in [4.78, 5) is 12.3. The number of thioether (sulfide) groups is 2. The van der Waals surface area contributed by atoms with Crippen LogP contribution in [0, 0.1) is 0 Å². The summed E-state index contributed by atoms with van der Waals surface area (Å²) in [5.74, 6) is 2.72. The summed E-state index contributed by atoms with van der Waals surface area (Å²) in [7, 11) is 0. The number of carbonyl (C=O) groups is 1. The fourth-order valence-corrected chi connectivity index (χ4v) is 5.48. The molecule has 0 N–H and O–H groups in total. The van der Waals surface area contributed by atoms with Gasteiger partial charge in [0.15, 0.2) is 5.76 Å². The number of carbonyl (C=O) groups excluding carboxylic acids is 1. The predicted molar refractivity (Wildman–Crippen MR) is 80.7 cm³/mol. The highest BCUT2D eigenvalue weighted by atomic mass is 32.2. The van der Waals surface area contributed by atoms with Crippen LogP contribution in [0.25, 0.3) is 0 Å². The van der Waals surface area contributed by atoms with Crippen molar-refractivity contribution in [1.29, 1.82) is 0 Å². The van der Waals surface area contributed by atoms with Crippen LogP contribution in [-0.4, -0.2) is 17.3 Å². The molecule has 0 amide bonds. The maximum absolute atomic E-state index is 12.3. The molecule has 1 aromatic heterocycles. The lowest BCUT2D eigenvalue weighted by Crippen LogP contribution is -2.19. The van der Waals surface area contributed by atoms with Crippen molar-refractivity contribution in [2.75, 3.05) is 11.5 Å². The number of Topliss-reactive ketones (excluding diaryl/α,β-unsaturated/α-hetero) is 1. The maximum atomic E-state index is 12.3. The topological polar surface area (TPSA) is 30.2 Å². The van der Waals surface area contributed by atoms with Gasteiger partial charge in [-0.05, 0) is 17.7 Å². The third kappa shape index (κ3) is 2.60. The Kier molecular flexibility index (Phi) is 3.71. The van der Waals surface area contributed by atoms with Crippen molar-refractivity contribution in [1.82, 2.24) is 0 Å². The SMILES string of the molecule is O=C(CC1(c2ccccc2)SCCS1)c1ccco1. The van der Waals surface area contributed by atoms with E-state index >= 15 is 0 Å². The zero-order chi connectivity index (χ0) is 13.1. The van der Waals surface area contributed by atoms with Gasteiger partial charge >= 0.3 is 0 Å². The second-order valence-electron chi connectivity index (χ2n) is 4.39. The summed E-state index contributed by atoms with van der Waals surface area (Å²) in [6.07, 6.45) is 2.04. The maximum Gasteiger partial charge on any atom is 0.200 e. The molecular weight excluding hydrogens is 276 g/mol. The van der Waals surface area contributed by atoms with Crippen LogP contribution in [0.1, 0.15) is 22.5 Å². The second-order valence-corrected chi connectivity index (χ2v) is 7.44. The number of rotatable bonds is 4. The third-order valence-electron chi connectivity index (χ3n) is 3.16. The van der Waals surface area contributed by atoms with Crippen molar-refractivity contribution in [2.24, 2.45) is 0 Å². The van der Waals surface area contributed by atoms with Crippen LogP contribution in [0.5, 0.6) is 0 Å². The van der Waals surface area contributed by atoms with Gasteiger partial charge in [0, 0.05) is 17.9 Å². The molecule has 0 radical (unpaired) electrons. The van der Waals surface area contributed by atoms with Gasteiger partial charge in [-0.25, -0.2) is 0 Å². The van der Waals surface area contributed by atoms with Crippen molar-refractivity contribution in [3.05, 3.63) is 60.1 Å². The molecule has 0 atom stereocenters. The summed E-state index contributed by atoms with van der Waals surface area (Å²) in [6, 6.07) is 13.8. The molecule has 4 heteroatoms. The molecule has 2 heterocycles. The average Bonchev–Trinajstić information content (AvgIpc) is 3.11. The third-order valence-corrected chi connectivity index (χ3v) is 6.63. The van der Waals surface area contributed by atoms with Gasteiger partial charge in [-0.2, -0.15) is 0 Å². The predicted octanol–water partition coefficient (Wildman–Crippen LogP) is 4.19. The molecule has 98 valence electrons. The lowest BCUT2D eigenvalue weighted by atomic mass is 10.1. The van der Waals surface area contributed by atoms with E-state index in [1.54, 1.807) is 18.4 Å². The first-order valence-electron chi connectivity index (χ1n) is 6.20. The Morgan fingerprint density at radius 1 is 1.11 bits per heavy atom. The Morgan fingerprint density at radius 2 is 1.84 bits per heavy atom. The Labute approximate surface area is 121 Å². The summed E-state index contributed by atoms with van der Waals surface area (Å²) in [6.45, 7) is 0. The minimum atomic E-state index is -0.148. The van der Waals surface area contributed by atoms with Gasteiger partial charge < -0.3 is 4.42 Å². The molecule has 0 unspecified atom stereocenters. The highest BCUT2D eigenvalue weighted by molar-refractivity contribution is 8.20. The van der Waals surface area contributed by atoms with Crippen LogP contribution in [0.4, 0.5) is 0 Å². The standard InChI is InChI=1S/C15H14O2S2/c16-13(14-7-4-8-17-14)11-15(18-9-10-19-15)12-5-2-1-3-6-12/h1-8H,9-11H2. The lowest BCUT2D eigenvalue weighted by molar-refractivity contribution is 0.0952. The van der Waals surface area contributed by atoms with Crippen molar-refractivity contribution in [3.8, 4) is 0 Å². The smallest absolute Gasteiger partial charge is 0.200 e. The van der Waals surface area contributed by atoms with Crippen LogP contribution in [0.15, 0.2) is 53.1 Å². The van der Waals surface area contributed by atoms with Gasteiger partial charge in [0.2, 0.25) is 5.78 Å². The van der Waals surface area contributed by atoms with Crippen molar-refractivity contribution < 1.29 is 9.21 Å². The first-order valence-corrected chi connectivity index (χ1v) is 8.17. The van der Waals surface area contributed by atoms with Crippen LogP contribution in [-0.2, 0) is 4.08 Å². The quantitative estimate of drug-likeness (QED) is 0.790. The molecule has 0 bridgehead atoms. The van der Waals surface area contributed by atoms with Gasteiger partial charge in [0.05, 0.1) is 10.3 Å². The van der Waals surface area contributed by atoms with Crippen LogP contribution in [0.2, 0.25) is 0 Å². The Hall–Kier alpha value is -1.13. The summed E-state index contributed by atoms with van der Waals surface area (Å²) >= 11 is 3.74. The van der Waals surface area contributed by atoms with Gasteiger partial charge in [0.1, 0.15) is 0 Å². The van der Waals surface area contributed by atoms with Crippen molar-refractivity contribution >= 4 is 29.3 Å². The molecule has 1 aliphatic rings. The number of hydrogen-bond acceptors (Lipinski definition) is 4. The van der Waals surface area contributed by atoms with Crippen LogP contribution in [0.3, 0.4) is 0 Å². The summed E-state index contributed by atoms with van der Waals surface area (Å²) < 4.78 is 5.07. The van der Waals surface area contributed by atoms with E-state index in [-0.39, 0.29) is 9.86 Å². The van der Waals surface area contributed by atoms with E-state index in [1.807, 2.05) is 41.7 Å². The normalized spacial score (nSPS) is 17.5. The molecule has 3 rings (SSSR count). The van der Waals surface area contributed by atoms with Gasteiger partial charge in [-0.15, -0.1) is 23.5 Å². The van der Waals surface area contributed by atoms with Crippen LogP contribution >= 0.6 is 23.5 Å². The number of ketones is 1. The van der Waals surface area contributed by atoms with E-state index in [1.165, 1.54) is 5.56 Å². The number of furan rings is 1. The molecule has 0 spiro atoms.